The number of carbonyl (C=O) groups is 1. The van der Waals surface area contributed by atoms with E-state index in [0.717, 1.165) is 22.9 Å². The lowest BCUT2D eigenvalue weighted by Crippen LogP contribution is -2.49. The smallest absolute Gasteiger partial charge is 0.243 e. The number of nitrogens with zero attached hydrogens (tertiary/aromatic N) is 1. The van der Waals surface area contributed by atoms with Crippen molar-refractivity contribution in [3.63, 3.8) is 0 Å². The van der Waals surface area contributed by atoms with Crippen LogP contribution in [0, 0.1) is 13.8 Å². The van der Waals surface area contributed by atoms with Gasteiger partial charge in [0.1, 0.15) is 6.04 Å². The molecule has 31 heavy (non-hydrogen) atoms. The summed E-state index contributed by atoms with van der Waals surface area (Å²) in [5.41, 5.74) is 3.49. The zero-order valence-corrected chi connectivity index (χ0v) is 19.9. The lowest BCUT2D eigenvalue weighted by molar-refractivity contribution is -0.122. The summed E-state index contributed by atoms with van der Waals surface area (Å²) in [6.07, 6.45) is 2.05. The van der Waals surface area contributed by atoms with Crippen molar-refractivity contribution in [1.82, 2.24) is 5.32 Å². The molecule has 0 radical (unpaired) electrons. The number of carbonyl (C=O) groups excluding carboxylic acids is 1. The number of hydrogen-bond donors (Lipinski definition) is 1. The van der Waals surface area contributed by atoms with Crippen molar-refractivity contribution in [2.75, 3.05) is 31.3 Å². The van der Waals surface area contributed by atoms with Crippen LogP contribution in [0.4, 0.5) is 5.69 Å². The van der Waals surface area contributed by atoms with Crippen LogP contribution < -0.4 is 19.1 Å². The van der Waals surface area contributed by atoms with Crippen LogP contribution in [0.5, 0.6) is 11.5 Å². The molecule has 0 aliphatic heterocycles. The second-order valence-electron chi connectivity index (χ2n) is 7.48. The van der Waals surface area contributed by atoms with Crippen molar-refractivity contribution < 1.29 is 22.7 Å². The van der Waals surface area contributed by atoms with Crippen molar-refractivity contribution in [3.05, 3.63) is 53.1 Å². The molecule has 0 heterocycles. The van der Waals surface area contributed by atoms with E-state index in [-0.39, 0.29) is 5.91 Å². The van der Waals surface area contributed by atoms with E-state index in [4.69, 9.17) is 9.47 Å². The third kappa shape index (κ3) is 6.13. The van der Waals surface area contributed by atoms with Gasteiger partial charge in [-0.1, -0.05) is 19.1 Å². The van der Waals surface area contributed by atoms with Crippen molar-refractivity contribution in [2.45, 2.75) is 39.7 Å². The molecule has 2 aromatic rings. The minimum absolute atomic E-state index is 0.327. The van der Waals surface area contributed by atoms with E-state index in [1.165, 1.54) is 4.31 Å². The molecule has 2 rings (SSSR count). The molecular formula is C23H32N2O5S. The van der Waals surface area contributed by atoms with Crippen LogP contribution in [0.3, 0.4) is 0 Å². The number of nitrogens with one attached hydrogen (secondary N) is 1. The standard InChI is InChI=1S/C23H32N2O5S/c1-7-20(25(31(6,27)28)19-10-8-16(2)17(3)14-19)23(26)24-13-12-18-9-11-21(29-4)22(15-18)30-5/h8-11,14-15,20H,7,12-13H2,1-6H3,(H,24,26). The molecule has 1 atom stereocenters. The minimum atomic E-state index is -3.66. The Bertz CT molecular complexity index is 1020. The van der Waals surface area contributed by atoms with Crippen LogP contribution in [-0.2, 0) is 21.2 Å². The van der Waals surface area contributed by atoms with Gasteiger partial charge in [-0.05, 0) is 67.6 Å². The quantitative estimate of drug-likeness (QED) is 0.603. The first-order valence-electron chi connectivity index (χ1n) is 10.2. The third-order valence-corrected chi connectivity index (χ3v) is 6.42. The summed E-state index contributed by atoms with van der Waals surface area (Å²) in [6.45, 7) is 6.05. The molecule has 0 saturated carbocycles. The molecule has 8 heteroatoms. The van der Waals surface area contributed by atoms with Gasteiger partial charge in [-0.15, -0.1) is 0 Å². The highest BCUT2D eigenvalue weighted by atomic mass is 32.2. The van der Waals surface area contributed by atoms with Gasteiger partial charge in [0.2, 0.25) is 15.9 Å². The highest BCUT2D eigenvalue weighted by Gasteiger charge is 2.31. The molecule has 7 nitrogen and oxygen atoms in total. The Morgan fingerprint density at radius 2 is 1.71 bits per heavy atom. The lowest BCUT2D eigenvalue weighted by atomic mass is 10.1. The molecule has 0 aliphatic carbocycles. The van der Waals surface area contributed by atoms with Crippen molar-refractivity contribution in [3.8, 4) is 11.5 Å². The largest absolute Gasteiger partial charge is 0.493 e. The van der Waals surface area contributed by atoms with Crippen molar-refractivity contribution in [2.24, 2.45) is 0 Å². The molecular weight excluding hydrogens is 416 g/mol. The number of benzene rings is 2. The van der Waals surface area contributed by atoms with Gasteiger partial charge >= 0.3 is 0 Å². The first-order valence-corrected chi connectivity index (χ1v) is 12.0. The monoisotopic (exact) mass is 448 g/mol. The van der Waals surface area contributed by atoms with Gasteiger partial charge in [-0.2, -0.15) is 0 Å². The highest BCUT2D eigenvalue weighted by Crippen LogP contribution is 2.28. The summed E-state index contributed by atoms with van der Waals surface area (Å²) in [5, 5.41) is 2.88. The molecule has 1 unspecified atom stereocenters. The van der Waals surface area contributed by atoms with E-state index in [1.807, 2.05) is 38.1 Å². The van der Waals surface area contributed by atoms with E-state index < -0.39 is 16.1 Å². The predicted octanol–water partition coefficient (Wildman–Crippen LogP) is 3.22. The number of ether oxygens (including phenoxy) is 2. The SMILES string of the molecule is CCC(C(=O)NCCc1ccc(OC)c(OC)c1)N(c1ccc(C)c(C)c1)S(C)(=O)=O. The fourth-order valence-corrected chi connectivity index (χ4v) is 4.61. The van der Waals surface area contributed by atoms with Crippen LogP contribution in [0.25, 0.3) is 0 Å². The molecule has 0 aliphatic rings. The summed E-state index contributed by atoms with van der Waals surface area (Å²) in [4.78, 5) is 12.9. The highest BCUT2D eigenvalue weighted by molar-refractivity contribution is 7.92. The third-order valence-electron chi connectivity index (χ3n) is 5.24. The second-order valence-corrected chi connectivity index (χ2v) is 9.34. The number of aryl methyl sites for hydroxylation is 2. The number of hydrogen-bond acceptors (Lipinski definition) is 5. The zero-order chi connectivity index (χ0) is 23.2. The topological polar surface area (TPSA) is 84.9 Å². The van der Waals surface area contributed by atoms with Gasteiger partial charge in [-0.3, -0.25) is 9.10 Å². The summed E-state index contributed by atoms with van der Waals surface area (Å²) < 4.78 is 36.9. The second kappa shape index (κ2) is 10.5. The van der Waals surface area contributed by atoms with Crippen molar-refractivity contribution >= 4 is 21.6 Å². The van der Waals surface area contributed by atoms with Crippen LogP contribution in [0.2, 0.25) is 0 Å². The van der Waals surface area contributed by atoms with Crippen LogP contribution in [-0.4, -0.2) is 47.4 Å². The van der Waals surface area contributed by atoms with Gasteiger partial charge in [-0.25, -0.2) is 8.42 Å². The average Bonchev–Trinajstić information content (AvgIpc) is 2.72. The van der Waals surface area contributed by atoms with Gasteiger partial charge in [0.15, 0.2) is 11.5 Å². The van der Waals surface area contributed by atoms with Gasteiger partial charge < -0.3 is 14.8 Å². The molecule has 0 spiro atoms. The zero-order valence-electron chi connectivity index (χ0n) is 19.1. The first kappa shape index (κ1) is 24.5. The molecule has 1 amide bonds. The minimum Gasteiger partial charge on any atom is -0.493 e. The summed E-state index contributed by atoms with van der Waals surface area (Å²) in [7, 11) is -0.509. The molecule has 0 saturated heterocycles. The summed E-state index contributed by atoms with van der Waals surface area (Å²) in [5.74, 6) is 0.931. The molecule has 0 aromatic heterocycles. The van der Waals surface area contributed by atoms with E-state index >= 15 is 0 Å². The molecule has 170 valence electrons. The molecule has 0 fully saturated rings. The van der Waals surface area contributed by atoms with Gasteiger partial charge in [0.05, 0.1) is 26.2 Å². The number of amides is 1. The van der Waals surface area contributed by atoms with Crippen LogP contribution in [0.15, 0.2) is 36.4 Å². The molecule has 2 aromatic carbocycles. The maximum Gasteiger partial charge on any atom is 0.243 e. The Kier molecular flexibility index (Phi) is 8.33. The normalized spacial score (nSPS) is 12.2. The summed E-state index contributed by atoms with van der Waals surface area (Å²) >= 11 is 0. The molecule has 1 N–H and O–H groups in total. The fraction of sp³-hybridized carbons (Fsp3) is 0.435. The Balaban J connectivity index is 2.16. The Morgan fingerprint density at radius 1 is 1.03 bits per heavy atom. The van der Waals surface area contributed by atoms with Crippen LogP contribution in [0.1, 0.15) is 30.0 Å². The van der Waals surface area contributed by atoms with E-state index in [0.29, 0.717) is 36.6 Å². The molecule has 0 bridgehead atoms. The first-order chi connectivity index (χ1) is 14.6. The average molecular weight is 449 g/mol. The summed E-state index contributed by atoms with van der Waals surface area (Å²) in [6, 6.07) is 10.2. The van der Waals surface area contributed by atoms with Crippen LogP contribution >= 0.6 is 0 Å². The maximum atomic E-state index is 12.9. The van der Waals surface area contributed by atoms with E-state index in [9.17, 15) is 13.2 Å². The van der Waals surface area contributed by atoms with Gasteiger partial charge in [0.25, 0.3) is 0 Å². The Morgan fingerprint density at radius 3 is 2.26 bits per heavy atom. The maximum absolute atomic E-state index is 12.9. The fourth-order valence-electron chi connectivity index (χ4n) is 3.41. The number of rotatable bonds is 10. The Labute approximate surface area is 185 Å². The lowest BCUT2D eigenvalue weighted by Gasteiger charge is -2.30. The van der Waals surface area contributed by atoms with Gasteiger partial charge in [0, 0.05) is 6.54 Å². The number of sulfonamides is 1. The van der Waals surface area contributed by atoms with E-state index in [2.05, 4.69) is 5.32 Å². The number of methoxy groups -OCH3 is 2. The van der Waals surface area contributed by atoms with E-state index in [1.54, 1.807) is 33.3 Å². The predicted molar refractivity (Wildman–Crippen MR) is 124 cm³/mol. The van der Waals surface area contributed by atoms with Crippen molar-refractivity contribution in [1.29, 1.82) is 0 Å². The number of anilines is 1. The Hall–Kier alpha value is -2.74.